The van der Waals surface area contributed by atoms with Crippen LogP contribution >= 0.6 is 0 Å². The van der Waals surface area contributed by atoms with Crippen LogP contribution in [0.3, 0.4) is 0 Å². The van der Waals surface area contributed by atoms with Gasteiger partial charge < -0.3 is 5.11 Å². The zero-order valence-corrected chi connectivity index (χ0v) is 11.4. The molecule has 2 rings (SSSR count). The van der Waals surface area contributed by atoms with E-state index in [1.165, 1.54) is 22.3 Å². The number of carbonyl (C=O) groups is 1. The quantitative estimate of drug-likeness (QED) is 0.892. The van der Waals surface area contributed by atoms with Gasteiger partial charge in [0.05, 0.1) is 5.92 Å². The van der Waals surface area contributed by atoms with E-state index >= 15 is 0 Å². The number of carboxylic acid groups (broad SMARTS) is 1. The van der Waals surface area contributed by atoms with E-state index in [1.54, 1.807) is 0 Å². The van der Waals surface area contributed by atoms with Crippen LogP contribution in [-0.4, -0.2) is 29.1 Å². The topological polar surface area (TPSA) is 40.5 Å². The molecule has 1 aromatic carbocycles. The Labute approximate surface area is 108 Å². The van der Waals surface area contributed by atoms with Crippen molar-refractivity contribution in [3.8, 4) is 0 Å². The molecule has 1 heterocycles. The Kier molecular flexibility index (Phi) is 3.71. The molecule has 0 radical (unpaired) electrons. The van der Waals surface area contributed by atoms with Gasteiger partial charge in [-0.3, -0.25) is 9.69 Å². The van der Waals surface area contributed by atoms with Crippen molar-refractivity contribution in [3.05, 3.63) is 34.4 Å². The maximum absolute atomic E-state index is 10.9. The van der Waals surface area contributed by atoms with Gasteiger partial charge in [0.1, 0.15) is 0 Å². The molecular formula is C15H21NO2. The first-order valence-corrected chi connectivity index (χ1v) is 6.49. The molecule has 0 bridgehead atoms. The highest BCUT2D eigenvalue weighted by molar-refractivity contribution is 5.70. The predicted molar refractivity (Wildman–Crippen MR) is 71.7 cm³/mol. The number of rotatable bonds is 3. The lowest BCUT2D eigenvalue weighted by molar-refractivity contribution is -0.141. The maximum atomic E-state index is 10.9. The van der Waals surface area contributed by atoms with Gasteiger partial charge >= 0.3 is 5.97 Å². The summed E-state index contributed by atoms with van der Waals surface area (Å²) < 4.78 is 0. The molecule has 1 atom stereocenters. The SMILES string of the molecule is Cc1cc(C)c(CN2CCC(C(=O)O)C2)cc1C. The lowest BCUT2D eigenvalue weighted by Gasteiger charge is -2.18. The largest absolute Gasteiger partial charge is 0.481 e. The normalized spacial score (nSPS) is 20.3. The number of carboxylic acids is 1. The fourth-order valence-corrected chi connectivity index (χ4v) is 2.61. The first-order chi connectivity index (χ1) is 8.47. The van der Waals surface area contributed by atoms with Crippen molar-refractivity contribution in [2.45, 2.75) is 33.7 Å². The molecule has 98 valence electrons. The van der Waals surface area contributed by atoms with E-state index in [0.29, 0.717) is 6.54 Å². The minimum Gasteiger partial charge on any atom is -0.481 e. The monoisotopic (exact) mass is 247 g/mol. The Hall–Kier alpha value is -1.35. The minimum atomic E-state index is -0.658. The molecule has 0 aliphatic carbocycles. The van der Waals surface area contributed by atoms with Crippen molar-refractivity contribution >= 4 is 5.97 Å². The van der Waals surface area contributed by atoms with Crippen LogP contribution in [0, 0.1) is 26.7 Å². The third-order valence-corrected chi connectivity index (χ3v) is 3.97. The standard InChI is InChI=1S/C15H21NO2/c1-10-6-12(3)14(7-11(10)2)9-16-5-4-13(8-16)15(17)18/h6-7,13H,4-5,8-9H2,1-3H3,(H,17,18). The third kappa shape index (κ3) is 2.72. The first kappa shape index (κ1) is 13.1. The lowest BCUT2D eigenvalue weighted by Crippen LogP contribution is -2.23. The summed E-state index contributed by atoms with van der Waals surface area (Å²) >= 11 is 0. The summed E-state index contributed by atoms with van der Waals surface area (Å²) in [6, 6.07) is 4.45. The van der Waals surface area contributed by atoms with Crippen molar-refractivity contribution in [3.63, 3.8) is 0 Å². The Bertz CT molecular complexity index is 468. The molecule has 18 heavy (non-hydrogen) atoms. The number of benzene rings is 1. The summed E-state index contributed by atoms with van der Waals surface area (Å²) in [6.45, 7) is 8.83. The molecule has 3 nitrogen and oxygen atoms in total. The Morgan fingerprint density at radius 1 is 1.28 bits per heavy atom. The predicted octanol–water partition coefficient (Wildman–Crippen LogP) is 2.52. The summed E-state index contributed by atoms with van der Waals surface area (Å²) in [5, 5.41) is 9.01. The van der Waals surface area contributed by atoms with Crippen molar-refractivity contribution < 1.29 is 9.90 Å². The smallest absolute Gasteiger partial charge is 0.307 e. The van der Waals surface area contributed by atoms with Crippen LogP contribution < -0.4 is 0 Å². The van der Waals surface area contributed by atoms with E-state index in [4.69, 9.17) is 5.11 Å². The third-order valence-electron chi connectivity index (χ3n) is 3.97. The second-order valence-corrected chi connectivity index (χ2v) is 5.42. The molecule has 1 aromatic rings. The number of likely N-dealkylation sites (tertiary alicyclic amines) is 1. The zero-order chi connectivity index (χ0) is 13.3. The highest BCUT2D eigenvalue weighted by Crippen LogP contribution is 2.22. The van der Waals surface area contributed by atoms with Crippen molar-refractivity contribution in [1.82, 2.24) is 4.90 Å². The summed E-state index contributed by atoms with van der Waals surface area (Å²) in [5.74, 6) is -0.842. The molecule has 0 amide bonds. The van der Waals surface area contributed by atoms with Gasteiger partial charge in [-0.15, -0.1) is 0 Å². The van der Waals surface area contributed by atoms with Crippen LogP contribution in [0.5, 0.6) is 0 Å². The number of aryl methyl sites for hydroxylation is 3. The average molecular weight is 247 g/mol. The molecule has 0 aromatic heterocycles. The molecule has 1 N–H and O–H groups in total. The Morgan fingerprint density at radius 2 is 1.94 bits per heavy atom. The minimum absolute atomic E-state index is 0.183. The van der Waals surface area contributed by atoms with Crippen LogP contribution in [-0.2, 0) is 11.3 Å². The summed E-state index contributed by atoms with van der Waals surface area (Å²) in [4.78, 5) is 13.2. The van der Waals surface area contributed by atoms with Gasteiger partial charge in [-0.1, -0.05) is 12.1 Å². The van der Waals surface area contributed by atoms with Crippen LogP contribution in [0.4, 0.5) is 0 Å². The molecule has 0 spiro atoms. The molecule has 1 aliphatic rings. The summed E-state index contributed by atoms with van der Waals surface area (Å²) in [5.41, 5.74) is 5.26. The van der Waals surface area contributed by atoms with Crippen LogP contribution in [0.2, 0.25) is 0 Å². The number of aliphatic carboxylic acids is 1. The zero-order valence-electron chi connectivity index (χ0n) is 11.4. The van der Waals surface area contributed by atoms with Gasteiger partial charge in [-0.25, -0.2) is 0 Å². The van der Waals surface area contributed by atoms with Crippen LogP contribution in [0.25, 0.3) is 0 Å². The average Bonchev–Trinajstić information content (AvgIpc) is 2.74. The molecule has 1 fully saturated rings. The Morgan fingerprint density at radius 3 is 2.56 bits per heavy atom. The van der Waals surface area contributed by atoms with Gasteiger partial charge in [0.25, 0.3) is 0 Å². The number of hydrogen-bond donors (Lipinski definition) is 1. The van der Waals surface area contributed by atoms with Gasteiger partial charge in [0.15, 0.2) is 0 Å². The van der Waals surface area contributed by atoms with Gasteiger partial charge in [-0.05, 0) is 56.0 Å². The van der Waals surface area contributed by atoms with E-state index in [-0.39, 0.29) is 5.92 Å². The fourth-order valence-electron chi connectivity index (χ4n) is 2.61. The second kappa shape index (κ2) is 5.11. The van der Waals surface area contributed by atoms with Gasteiger partial charge in [-0.2, -0.15) is 0 Å². The maximum Gasteiger partial charge on any atom is 0.307 e. The van der Waals surface area contributed by atoms with Crippen molar-refractivity contribution in [2.24, 2.45) is 5.92 Å². The van der Waals surface area contributed by atoms with Crippen LogP contribution in [0.1, 0.15) is 28.7 Å². The van der Waals surface area contributed by atoms with E-state index in [2.05, 4.69) is 37.8 Å². The number of hydrogen-bond acceptors (Lipinski definition) is 2. The molecular weight excluding hydrogens is 226 g/mol. The molecule has 1 aliphatic heterocycles. The molecule has 0 saturated carbocycles. The molecule has 1 unspecified atom stereocenters. The Balaban J connectivity index is 2.07. The van der Waals surface area contributed by atoms with E-state index in [0.717, 1.165) is 19.5 Å². The number of nitrogens with zero attached hydrogens (tertiary/aromatic N) is 1. The highest BCUT2D eigenvalue weighted by atomic mass is 16.4. The molecule has 1 saturated heterocycles. The lowest BCUT2D eigenvalue weighted by atomic mass is 10.0. The summed E-state index contributed by atoms with van der Waals surface area (Å²) in [7, 11) is 0. The van der Waals surface area contributed by atoms with Crippen molar-refractivity contribution in [1.29, 1.82) is 0 Å². The molecule has 3 heteroatoms. The van der Waals surface area contributed by atoms with E-state index in [9.17, 15) is 4.79 Å². The van der Waals surface area contributed by atoms with E-state index < -0.39 is 5.97 Å². The summed E-state index contributed by atoms with van der Waals surface area (Å²) in [6.07, 6.45) is 0.777. The van der Waals surface area contributed by atoms with Gasteiger partial charge in [0, 0.05) is 13.1 Å². The van der Waals surface area contributed by atoms with Crippen LogP contribution in [0.15, 0.2) is 12.1 Å². The van der Waals surface area contributed by atoms with Gasteiger partial charge in [0.2, 0.25) is 0 Å². The highest BCUT2D eigenvalue weighted by Gasteiger charge is 2.27. The fraction of sp³-hybridized carbons (Fsp3) is 0.533. The van der Waals surface area contributed by atoms with Crippen molar-refractivity contribution in [2.75, 3.05) is 13.1 Å². The van der Waals surface area contributed by atoms with E-state index in [1.807, 2.05) is 0 Å². The first-order valence-electron chi connectivity index (χ1n) is 6.49. The second-order valence-electron chi connectivity index (χ2n) is 5.42.